The summed E-state index contributed by atoms with van der Waals surface area (Å²) in [5.41, 5.74) is 2.08. The van der Waals surface area contributed by atoms with Crippen molar-refractivity contribution in [3.05, 3.63) is 34.3 Å². The predicted molar refractivity (Wildman–Crippen MR) is 69.0 cm³/mol. The number of hydrogen-bond donors (Lipinski definition) is 0. The van der Waals surface area contributed by atoms with Gasteiger partial charge in [0.1, 0.15) is 5.78 Å². The first-order chi connectivity index (χ1) is 7.58. The predicted octanol–water partition coefficient (Wildman–Crippen LogP) is 4.20. The molecule has 0 N–H and O–H groups in total. The highest BCUT2D eigenvalue weighted by Gasteiger charge is 2.15. The number of carbonyl (C=O) groups is 1. The minimum Gasteiger partial charge on any atom is -0.299 e. The summed E-state index contributed by atoms with van der Waals surface area (Å²) in [6, 6.07) is 5.87. The molecular weight excluding hydrogens is 220 g/mol. The lowest BCUT2D eigenvalue weighted by Crippen LogP contribution is -2.15. The van der Waals surface area contributed by atoms with E-state index in [4.69, 9.17) is 11.6 Å². The van der Waals surface area contributed by atoms with E-state index < -0.39 is 0 Å². The second-order valence-electron chi connectivity index (χ2n) is 4.25. The molecule has 0 spiro atoms. The quantitative estimate of drug-likeness (QED) is 0.752. The Morgan fingerprint density at radius 3 is 2.44 bits per heavy atom. The van der Waals surface area contributed by atoms with E-state index in [-0.39, 0.29) is 5.92 Å². The second-order valence-corrected chi connectivity index (χ2v) is 4.66. The Morgan fingerprint density at radius 2 is 1.94 bits per heavy atom. The Bertz CT molecular complexity index is 367. The summed E-state index contributed by atoms with van der Waals surface area (Å²) >= 11 is 6.11. The lowest BCUT2D eigenvalue weighted by atomic mass is 9.93. The molecule has 1 aromatic rings. The van der Waals surface area contributed by atoms with Gasteiger partial charge in [-0.2, -0.15) is 0 Å². The van der Waals surface area contributed by atoms with Crippen LogP contribution in [0.5, 0.6) is 0 Å². The topological polar surface area (TPSA) is 17.1 Å². The highest BCUT2D eigenvalue weighted by molar-refractivity contribution is 6.31. The van der Waals surface area contributed by atoms with E-state index in [0.29, 0.717) is 17.2 Å². The SMILES string of the molecule is CCC(CC)C(=O)Cc1ccc(C)cc1Cl. The molecule has 0 aliphatic carbocycles. The normalized spacial score (nSPS) is 10.8. The van der Waals surface area contributed by atoms with Crippen LogP contribution < -0.4 is 0 Å². The molecule has 1 rings (SSSR count). The van der Waals surface area contributed by atoms with Gasteiger partial charge in [-0.15, -0.1) is 0 Å². The molecule has 0 saturated carbocycles. The summed E-state index contributed by atoms with van der Waals surface area (Å²) in [4.78, 5) is 12.0. The summed E-state index contributed by atoms with van der Waals surface area (Å²) in [5.74, 6) is 0.480. The molecule has 0 unspecified atom stereocenters. The fourth-order valence-electron chi connectivity index (χ4n) is 1.87. The fourth-order valence-corrected chi connectivity index (χ4v) is 2.17. The van der Waals surface area contributed by atoms with Gasteiger partial charge in [0.25, 0.3) is 0 Å². The van der Waals surface area contributed by atoms with Gasteiger partial charge in [0.2, 0.25) is 0 Å². The zero-order valence-corrected chi connectivity index (χ0v) is 11.0. The van der Waals surface area contributed by atoms with Crippen LogP contribution in [0.2, 0.25) is 5.02 Å². The molecule has 0 radical (unpaired) electrons. The van der Waals surface area contributed by atoms with Crippen molar-refractivity contribution in [1.29, 1.82) is 0 Å². The zero-order chi connectivity index (χ0) is 12.1. The minimum absolute atomic E-state index is 0.178. The molecular formula is C14H19ClO. The van der Waals surface area contributed by atoms with Gasteiger partial charge in [-0.1, -0.05) is 37.6 Å². The van der Waals surface area contributed by atoms with E-state index in [0.717, 1.165) is 24.0 Å². The molecule has 0 bridgehead atoms. The van der Waals surface area contributed by atoms with Gasteiger partial charge in [-0.3, -0.25) is 4.79 Å². The molecule has 0 aliphatic heterocycles. The average Bonchev–Trinajstić information content (AvgIpc) is 2.24. The second kappa shape index (κ2) is 6.05. The molecule has 2 heteroatoms. The Balaban J connectivity index is 2.76. The van der Waals surface area contributed by atoms with Gasteiger partial charge in [0.05, 0.1) is 0 Å². The van der Waals surface area contributed by atoms with E-state index in [1.165, 1.54) is 0 Å². The Kier molecular flexibility index (Phi) is 5.01. The van der Waals surface area contributed by atoms with Crippen LogP contribution in [0.3, 0.4) is 0 Å². The van der Waals surface area contributed by atoms with Crippen LogP contribution in [0.15, 0.2) is 18.2 Å². The van der Waals surface area contributed by atoms with Crippen molar-refractivity contribution in [2.24, 2.45) is 5.92 Å². The third-order valence-electron chi connectivity index (χ3n) is 3.01. The van der Waals surface area contributed by atoms with Crippen LogP contribution in [-0.4, -0.2) is 5.78 Å². The van der Waals surface area contributed by atoms with Crippen molar-refractivity contribution < 1.29 is 4.79 Å². The Hall–Kier alpha value is -0.820. The highest BCUT2D eigenvalue weighted by Crippen LogP contribution is 2.20. The van der Waals surface area contributed by atoms with Crippen molar-refractivity contribution in [2.45, 2.75) is 40.0 Å². The van der Waals surface area contributed by atoms with Crippen LogP contribution in [0.4, 0.5) is 0 Å². The molecule has 88 valence electrons. The van der Waals surface area contributed by atoms with Gasteiger partial charge >= 0.3 is 0 Å². The van der Waals surface area contributed by atoms with Crippen molar-refractivity contribution in [1.82, 2.24) is 0 Å². The van der Waals surface area contributed by atoms with Gasteiger partial charge in [-0.05, 0) is 37.0 Å². The van der Waals surface area contributed by atoms with E-state index in [1.54, 1.807) is 0 Å². The minimum atomic E-state index is 0.178. The number of halogens is 1. The lowest BCUT2D eigenvalue weighted by Gasteiger charge is -2.11. The van der Waals surface area contributed by atoms with E-state index in [2.05, 4.69) is 13.8 Å². The molecule has 1 aromatic carbocycles. The van der Waals surface area contributed by atoms with Crippen LogP contribution in [-0.2, 0) is 11.2 Å². The van der Waals surface area contributed by atoms with E-state index in [1.807, 2.05) is 25.1 Å². The number of rotatable bonds is 5. The largest absolute Gasteiger partial charge is 0.299 e. The Labute approximate surface area is 103 Å². The fraction of sp³-hybridized carbons (Fsp3) is 0.500. The first-order valence-electron chi connectivity index (χ1n) is 5.86. The summed E-state index contributed by atoms with van der Waals surface area (Å²) in [5, 5.41) is 0.708. The van der Waals surface area contributed by atoms with Crippen LogP contribution >= 0.6 is 11.6 Å². The number of Topliss-reactive ketones (excluding diaryl/α,β-unsaturated/α-hetero) is 1. The van der Waals surface area contributed by atoms with Crippen molar-refractivity contribution >= 4 is 17.4 Å². The molecule has 0 saturated heterocycles. The van der Waals surface area contributed by atoms with E-state index >= 15 is 0 Å². The zero-order valence-electron chi connectivity index (χ0n) is 10.2. The molecule has 16 heavy (non-hydrogen) atoms. The molecule has 0 fully saturated rings. The molecule has 0 heterocycles. The number of aryl methyl sites for hydroxylation is 1. The number of carbonyl (C=O) groups excluding carboxylic acids is 1. The first-order valence-corrected chi connectivity index (χ1v) is 6.24. The van der Waals surface area contributed by atoms with Crippen molar-refractivity contribution in [2.75, 3.05) is 0 Å². The van der Waals surface area contributed by atoms with Gasteiger partial charge in [-0.25, -0.2) is 0 Å². The number of benzene rings is 1. The van der Waals surface area contributed by atoms with E-state index in [9.17, 15) is 4.79 Å². The molecule has 0 amide bonds. The van der Waals surface area contributed by atoms with Crippen LogP contribution in [0.25, 0.3) is 0 Å². The molecule has 1 nitrogen and oxygen atoms in total. The van der Waals surface area contributed by atoms with Crippen LogP contribution in [0.1, 0.15) is 37.8 Å². The van der Waals surface area contributed by atoms with Crippen molar-refractivity contribution in [3.8, 4) is 0 Å². The Morgan fingerprint density at radius 1 is 1.31 bits per heavy atom. The lowest BCUT2D eigenvalue weighted by molar-refractivity contribution is -0.122. The number of hydrogen-bond acceptors (Lipinski definition) is 1. The molecule has 0 aliphatic rings. The highest BCUT2D eigenvalue weighted by atomic mass is 35.5. The maximum Gasteiger partial charge on any atom is 0.140 e. The third kappa shape index (κ3) is 3.34. The van der Waals surface area contributed by atoms with Crippen molar-refractivity contribution in [3.63, 3.8) is 0 Å². The average molecular weight is 239 g/mol. The number of ketones is 1. The molecule has 0 atom stereocenters. The standard InChI is InChI=1S/C14H19ClO/c1-4-11(5-2)14(16)9-12-7-6-10(3)8-13(12)15/h6-8,11H,4-5,9H2,1-3H3. The monoisotopic (exact) mass is 238 g/mol. The van der Waals surface area contributed by atoms with Crippen LogP contribution in [0, 0.1) is 12.8 Å². The van der Waals surface area contributed by atoms with Gasteiger partial charge < -0.3 is 0 Å². The summed E-state index contributed by atoms with van der Waals surface area (Å²) in [6.45, 7) is 6.12. The summed E-state index contributed by atoms with van der Waals surface area (Å²) < 4.78 is 0. The summed E-state index contributed by atoms with van der Waals surface area (Å²) in [7, 11) is 0. The maximum absolute atomic E-state index is 12.0. The maximum atomic E-state index is 12.0. The smallest absolute Gasteiger partial charge is 0.140 e. The van der Waals surface area contributed by atoms with Gasteiger partial charge in [0.15, 0.2) is 0 Å². The molecule has 0 aromatic heterocycles. The third-order valence-corrected chi connectivity index (χ3v) is 3.37. The first kappa shape index (κ1) is 13.2. The van der Waals surface area contributed by atoms with Gasteiger partial charge in [0, 0.05) is 17.4 Å². The summed E-state index contributed by atoms with van der Waals surface area (Å²) in [6.07, 6.45) is 2.29.